The van der Waals surface area contributed by atoms with Gasteiger partial charge in [0, 0.05) is 35.6 Å². The second-order valence-electron chi connectivity index (χ2n) is 8.72. The fraction of sp³-hybridized carbons (Fsp3) is 0.143. The number of hydrogen-bond donors (Lipinski definition) is 1. The highest BCUT2D eigenvalue weighted by Gasteiger charge is 2.28. The summed E-state index contributed by atoms with van der Waals surface area (Å²) in [6.45, 7) is 2.52. The zero-order valence-electron chi connectivity index (χ0n) is 19.5. The predicted octanol–water partition coefficient (Wildman–Crippen LogP) is 7.54. The Kier molecular flexibility index (Phi) is 7.35. The summed E-state index contributed by atoms with van der Waals surface area (Å²) in [7, 11) is 0. The van der Waals surface area contributed by atoms with Crippen molar-refractivity contribution in [3.63, 3.8) is 0 Å². The Morgan fingerprint density at radius 3 is 2.54 bits per heavy atom. The smallest absolute Gasteiger partial charge is 0.256 e. The van der Waals surface area contributed by atoms with Gasteiger partial charge in [-0.3, -0.25) is 9.69 Å². The van der Waals surface area contributed by atoms with Crippen molar-refractivity contribution >= 4 is 56.2 Å². The first-order chi connectivity index (χ1) is 17.5. The summed E-state index contributed by atoms with van der Waals surface area (Å²) >= 11 is 3.13. The number of para-hydroxylation sites is 1. The number of amides is 1. The highest BCUT2D eigenvalue weighted by molar-refractivity contribution is 7.23. The van der Waals surface area contributed by atoms with Crippen molar-refractivity contribution in [2.45, 2.75) is 19.5 Å². The van der Waals surface area contributed by atoms with E-state index in [2.05, 4.69) is 22.3 Å². The van der Waals surface area contributed by atoms with Gasteiger partial charge in [-0.2, -0.15) is 0 Å². The molecule has 0 radical (unpaired) electrons. The number of anilines is 1. The molecule has 0 aliphatic carbocycles. The number of nitrogens with zero attached hydrogens (tertiary/aromatic N) is 2. The fourth-order valence-electron chi connectivity index (χ4n) is 4.54. The third-order valence-electron chi connectivity index (χ3n) is 6.30. The minimum absolute atomic E-state index is 0. The quantitative estimate of drug-likeness (QED) is 0.244. The normalized spacial score (nSPS) is 13.2. The van der Waals surface area contributed by atoms with Gasteiger partial charge in [-0.1, -0.05) is 42.5 Å². The Morgan fingerprint density at radius 1 is 0.973 bits per heavy atom. The Bertz CT molecular complexity index is 1550. The van der Waals surface area contributed by atoms with E-state index in [-0.39, 0.29) is 18.0 Å². The minimum Gasteiger partial charge on any atom is -0.313 e. The average molecular weight is 554 g/mol. The van der Waals surface area contributed by atoms with E-state index >= 15 is 0 Å². The molecule has 4 nitrogen and oxygen atoms in total. The number of hydrogen-bond acceptors (Lipinski definition) is 5. The van der Waals surface area contributed by atoms with Crippen molar-refractivity contribution in [1.82, 2.24) is 9.88 Å². The second kappa shape index (κ2) is 10.7. The predicted molar refractivity (Wildman–Crippen MR) is 149 cm³/mol. The lowest BCUT2D eigenvalue weighted by atomic mass is 10.0. The van der Waals surface area contributed by atoms with Crippen LogP contribution in [0.5, 0.6) is 0 Å². The Hall–Kier alpha value is -3.17. The van der Waals surface area contributed by atoms with E-state index in [1.54, 1.807) is 11.3 Å². The van der Waals surface area contributed by atoms with Crippen LogP contribution >= 0.6 is 35.1 Å². The van der Waals surface area contributed by atoms with Gasteiger partial charge in [0.1, 0.15) is 10.0 Å². The van der Waals surface area contributed by atoms with Crippen molar-refractivity contribution in [1.29, 1.82) is 0 Å². The first-order valence-electron chi connectivity index (χ1n) is 11.6. The molecule has 5 aromatic rings. The maximum absolute atomic E-state index is 13.8. The SMILES string of the molecule is Cl.O=C(Nc1sc2c(c1-c1nc3ccccc3s1)CCN(Cc1ccccc1)C2)c1ccc(F)c(F)c1. The van der Waals surface area contributed by atoms with Crippen molar-refractivity contribution in [2.24, 2.45) is 0 Å². The van der Waals surface area contributed by atoms with Crippen molar-refractivity contribution in [2.75, 3.05) is 11.9 Å². The molecule has 0 atom stereocenters. The van der Waals surface area contributed by atoms with Crippen LogP contribution in [0, 0.1) is 11.6 Å². The highest BCUT2D eigenvalue weighted by Crippen LogP contribution is 2.46. The van der Waals surface area contributed by atoms with Gasteiger partial charge >= 0.3 is 0 Å². The molecule has 0 fully saturated rings. The Balaban J connectivity index is 0.00000280. The van der Waals surface area contributed by atoms with Gasteiger partial charge in [0.15, 0.2) is 11.6 Å². The summed E-state index contributed by atoms with van der Waals surface area (Å²) in [5.41, 5.74) is 4.38. The number of fused-ring (bicyclic) bond motifs is 2. The third-order valence-corrected chi connectivity index (χ3v) is 8.49. The molecule has 3 aromatic carbocycles. The molecule has 188 valence electrons. The van der Waals surface area contributed by atoms with Crippen LogP contribution in [-0.2, 0) is 19.5 Å². The van der Waals surface area contributed by atoms with Crippen LogP contribution in [0.3, 0.4) is 0 Å². The molecule has 1 aliphatic heterocycles. The monoisotopic (exact) mass is 553 g/mol. The Morgan fingerprint density at radius 2 is 1.76 bits per heavy atom. The van der Waals surface area contributed by atoms with Gasteiger partial charge in [-0.25, -0.2) is 13.8 Å². The summed E-state index contributed by atoms with van der Waals surface area (Å²) in [6, 6.07) is 21.5. The standard InChI is InChI=1S/C28H21F2N3OS2.ClH/c29-20-11-10-18(14-21(20)30)26(34)32-28-25(27-31-22-8-4-5-9-23(22)35-27)19-12-13-33(16-24(19)36-28)15-17-6-2-1-3-7-17;/h1-11,14H,12-13,15-16H2,(H,32,34);1H. The van der Waals surface area contributed by atoms with Crippen LogP contribution in [0.2, 0.25) is 0 Å². The van der Waals surface area contributed by atoms with Crippen LogP contribution in [0.1, 0.15) is 26.4 Å². The van der Waals surface area contributed by atoms with E-state index in [9.17, 15) is 13.6 Å². The minimum atomic E-state index is -1.05. The van der Waals surface area contributed by atoms with E-state index in [0.717, 1.165) is 59.0 Å². The molecule has 37 heavy (non-hydrogen) atoms. The maximum atomic E-state index is 13.8. The van der Waals surface area contributed by atoms with Gasteiger partial charge in [-0.05, 0) is 47.9 Å². The van der Waals surface area contributed by atoms with Gasteiger partial charge in [0.25, 0.3) is 5.91 Å². The number of halogens is 3. The molecular formula is C28H22ClF2N3OS2. The first kappa shape index (κ1) is 25.5. The van der Waals surface area contributed by atoms with Crippen molar-refractivity contribution in [3.05, 3.63) is 106 Å². The zero-order chi connectivity index (χ0) is 24.6. The molecule has 0 spiro atoms. The molecule has 2 aromatic heterocycles. The zero-order valence-corrected chi connectivity index (χ0v) is 22.0. The molecule has 3 heterocycles. The maximum Gasteiger partial charge on any atom is 0.256 e. The third kappa shape index (κ3) is 5.15. The highest BCUT2D eigenvalue weighted by atomic mass is 35.5. The van der Waals surface area contributed by atoms with Gasteiger partial charge < -0.3 is 5.32 Å². The van der Waals surface area contributed by atoms with Gasteiger partial charge in [0.05, 0.1) is 10.2 Å². The van der Waals surface area contributed by atoms with Crippen LogP contribution in [0.4, 0.5) is 13.8 Å². The lowest BCUT2D eigenvalue weighted by Crippen LogP contribution is -2.29. The second-order valence-corrected chi connectivity index (χ2v) is 10.9. The van der Waals surface area contributed by atoms with Crippen LogP contribution in [-0.4, -0.2) is 22.3 Å². The summed E-state index contributed by atoms with van der Waals surface area (Å²) in [5, 5.41) is 4.52. The molecule has 0 saturated heterocycles. The number of aromatic nitrogens is 1. The van der Waals surface area contributed by atoms with Crippen molar-refractivity contribution in [3.8, 4) is 10.6 Å². The summed E-state index contributed by atoms with van der Waals surface area (Å²) < 4.78 is 28.3. The number of carbonyl (C=O) groups excluding carboxylic acids is 1. The molecule has 1 amide bonds. The summed E-state index contributed by atoms with van der Waals surface area (Å²) in [6.07, 6.45) is 0.838. The molecule has 1 aliphatic rings. The fourth-order valence-corrected chi connectivity index (χ4v) is 6.93. The number of nitrogens with one attached hydrogen (secondary N) is 1. The van der Waals surface area contributed by atoms with E-state index in [1.165, 1.54) is 33.4 Å². The lowest BCUT2D eigenvalue weighted by Gasteiger charge is -2.27. The molecule has 1 N–H and O–H groups in total. The molecule has 0 saturated carbocycles. The first-order valence-corrected chi connectivity index (χ1v) is 13.2. The van der Waals surface area contributed by atoms with Crippen LogP contribution in [0.25, 0.3) is 20.8 Å². The topological polar surface area (TPSA) is 45.2 Å². The van der Waals surface area contributed by atoms with E-state index in [0.29, 0.717) is 5.00 Å². The van der Waals surface area contributed by atoms with Crippen molar-refractivity contribution < 1.29 is 13.6 Å². The van der Waals surface area contributed by atoms with E-state index in [1.807, 2.05) is 42.5 Å². The Labute approximate surface area is 227 Å². The summed E-state index contributed by atoms with van der Waals surface area (Å²) in [5.74, 6) is -2.50. The number of thiophene rings is 1. The molecule has 9 heteroatoms. The molecule has 6 rings (SSSR count). The molecule has 0 bridgehead atoms. The largest absolute Gasteiger partial charge is 0.313 e. The van der Waals surface area contributed by atoms with E-state index in [4.69, 9.17) is 4.98 Å². The average Bonchev–Trinajstić information content (AvgIpc) is 3.46. The van der Waals surface area contributed by atoms with Gasteiger partial charge in [0.2, 0.25) is 0 Å². The number of thiazole rings is 1. The number of rotatable bonds is 5. The number of carbonyl (C=O) groups is 1. The summed E-state index contributed by atoms with van der Waals surface area (Å²) in [4.78, 5) is 21.5. The van der Waals surface area contributed by atoms with E-state index < -0.39 is 17.5 Å². The molecular weight excluding hydrogens is 532 g/mol. The van der Waals surface area contributed by atoms with Crippen LogP contribution < -0.4 is 5.32 Å². The van der Waals surface area contributed by atoms with Gasteiger partial charge in [-0.15, -0.1) is 35.1 Å². The molecule has 0 unspecified atom stereocenters. The lowest BCUT2D eigenvalue weighted by molar-refractivity contribution is 0.102. The number of benzene rings is 3. The van der Waals surface area contributed by atoms with Crippen LogP contribution in [0.15, 0.2) is 72.8 Å².